The Balaban J connectivity index is 2.07. The fourth-order valence-corrected chi connectivity index (χ4v) is 7.63. The van der Waals surface area contributed by atoms with Crippen molar-refractivity contribution < 1.29 is 39.9 Å². The maximum atomic E-state index is 14.1. The maximum absolute atomic E-state index is 14.1. The molecule has 7 N–H and O–H groups in total. The van der Waals surface area contributed by atoms with Crippen LogP contribution in [0.15, 0.2) is 11.6 Å². The number of rotatable bonds is 4. The van der Waals surface area contributed by atoms with Crippen LogP contribution >= 0.6 is 11.8 Å². The summed E-state index contributed by atoms with van der Waals surface area (Å²) in [5.74, 6) is -9.13. The molecular formula is C28H38N2O8S. The number of hydrogen-bond donors (Lipinski definition) is 6. The smallest absolute Gasteiger partial charge is 0.230 e. The third-order valence-electron chi connectivity index (χ3n) is 8.78. The monoisotopic (exact) mass is 562 g/mol. The molecule has 8 atom stereocenters. The quantitative estimate of drug-likeness (QED) is 0.288. The number of ketones is 2. The lowest BCUT2D eigenvalue weighted by atomic mass is 9.51. The minimum atomic E-state index is -2.94. The molecule has 214 valence electrons. The van der Waals surface area contributed by atoms with Gasteiger partial charge in [0.1, 0.15) is 17.4 Å². The molecular weight excluding hydrogens is 524 g/mol. The number of phenols is 1. The molecule has 0 spiro atoms. The van der Waals surface area contributed by atoms with Crippen LogP contribution in [0.2, 0.25) is 0 Å². The highest BCUT2D eigenvalue weighted by Gasteiger charge is 2.71. The van der Waals surface area contributed by atoms with E-state index in [1.165, 1.54) is 30.8 Å². The number of phenolic OH excluding ortho intramolecular Hbond substituents is 1. The number of aliphatic hydroxyl groups excluding tert-OH is 3. The third-order valence-corrected chi connectivity index (χ3v) is 9.38. The lowest BCUT2D eigenvalue weighted by Gasteiger charge is -2.56. The van der Waals surface area contributed by atoms with Crippen LogP contribution in [-0.2, 0) is 25.6 Å². The van der Waals surface area contributed by atoms with E-state index in [9.17, 15) is 39.9 Å². The number of benzene rings is 1. The van der Waals surface area contributed by atoms with Crippen molar-refractivity contribution in [3.05, 3.63) is 33.9 Å². The highest BCUT2D eigenvalue weighted by molar-refractivity contribution is 7.97. The van der Waals surface area contributed by atoms with Gasteiger partial charge in [-0.05, 0) is 42.8 Å². The van der Waals surface area contributed by atoms with Gasteiger partial charge >= 0.3 is 0 Å². The SMILES string of the molecule is CSCc1cc(C(C)(C)C)c(O)c2c1[C@H](C)[C@@H]1C(=C2O)C(=O)[C@]2(O)C(=O)C(C(N)=O)C(O)[C@@H](N(C)C)[C@@H]2[C@H]1O. The van der Waals surface area contributed by atoms with E-state index < -0.39 is 76.2 Å². The number of aliphatic hydroxyl groups is 4. The first-order chi connectivity index (χ1) is 17.9. The van der Waals surface area contributed by atoms with Crippen LogP contribution in [0.3, 0.4) is 0 Å². The number of amides is 1. The molecule has 10 nitrogen and oxygen atoms in total. The van der Waals surface area contributed by atoms with E-state index >= 15 is 0 Å². The molecule has 3 aliphatic carbocycles. The number of hydrogen-bond acceptors (Lipinski definition) is 10. The zero-order valence-electron chi connectivity index (χ0n) is 23.2. The molecule has 3 aliphatic rings. The molecule has 1 aromatic carbocycles. The van der Waals surface area contributed by atoms with Gasteiger partial charge in [0.15, 0.2) is 11.4 Å². The van der Waals surface area contributed by atoms with Crippen LogP contribution in [0.1, 0.15) is 55.9 Å². The molecule has 0 bridgehead atoms. The standard InChI is InChI=1S/C28H38N2O8S/c1-10-13-11(9-39-7)8-12(27(2,3)4)20(31)15(13)21(32)16-14(10)22(33)18-19(30(5)6)23(34)17(26(29)37)25(36)28(18,38)24(16)35/h8,10,14,17-19,22-23,31-34,38H,9H2,1-7H3,(H2,29,37)/t10-,14+,17?,18+,19-,22-,23?,28-/m0/s1. The van der Waals surface area contributed by atoms with Crippen molar-refractivity contribution in [3.8, 4) is 5.75 Å². The van der Waals surface area contributed by atoms with Gasteiger partial charge in [-0.25, -0.2) is 0 Å². The Hall–Kier alpha value is -2.44. The molecule has 2 saturated carbocycles. The van der Waals surface area contributed by atoms with Crippen molar-refractivity contribution in [2.24, 2.45) is 23.5 Å². The fraction of sp³-hybridized carbons (Fsp3) is 0.607. The minimum absolute atomic E-state index is 0.0340. The number of primary amides is 1. The first-order valence-electron chi connectivity index (χ1n) is 12.9. The number of carbonyl (C=O) groups is 3. The van der Waals surface area contributed by atoms with Crippen LogP contribution < -0.4 is 5.73 Å². The Morgan fingerprint density at radius 3 is 2.23 bits per heavy atom. The first-order valence-corrected chi connectivity index (χ1v) is 14.3. The normalized spacial score (nSPS) is 34.6. The maximum Gasteiger partial charge on any atom is 0.230 e. The van der Waals surface area contributed by atoms with Gasteiger partial charge in [0.25, 0.3) is 0 Å². The molecule has 0 radical (unpaired) electrons. The summed E-state index contributed by atoms with van der Waals surface area (Å²) in [5, 5.41) is 57.7. The van der Waals surface area contributed by atoms with E-state index in [4.69, 9.17) is 5.73 Å². The first kappa shape index (κ1) is 29.5. The van der Waals surface area contributed by atoms with E-state index in [0.717, 1.165) is 5.56 Å². The van der Waals surface area contributed by atoms with Gasteiger partial charge in [0.05, 0.1) is 17.8 Å². The fourth-order valence-electron chi connectivity index (χ4n) is 7.08. The number of thioether (sulfide) groups is 1. The summed E-state index contributed by atoms with van der Waals surface area (Å²) in [6.45, 7) is 7.46. The zero-order chi connectivity index (χ0) is 29.5. The van der Waals surface area contributed by atoms with E-state index in [0.29, 0.717) is 16.9 Å². The molecule has 0 heterocycles. The number of Topliss-reactive ketones (excluding diaryl/α,β-unsaturated/α-hetero) is 2. The van der Waals surface area contributed by atoms with E-state index in [1.807, 2.05) is 33.1 Å². The largest absolute Gasteiger partial charge is 0.507 e. The highest BCUT2D eigenvalue weighted by Crippen LogP contribution is 2.57. The lowest BCUT2D eigenvalue weighted by molar-refractivity contribution is -0.199. The molecule has 0 aliphatic heterocycles. The molecule has 2 unspecified atom stereocenters. The van der Waals surface area contributed by atoms with Crippen LogP contribution in [0, 0.1) is 17.8 Å². The van der Waals surface area contributed by atoms with E-state index in [2.05, 4.69) is 0 Å². The van der Waals surface area contributed by atoms with Crippen molar-refractivity contribution in [1.82, 2.24) is 4.90 Å². The number of nitrogens with zero attached hydrogens (tertiary/aromatic N) is 1. The second-order valence-electron chi connectivity index (χ2n) is 12.3. The molecule has 1 amide bonds. The van der Waals surface area contributed by atoms with Crippen molar-refractivity contribution in [2.75, 3.05) is 20.4 Å². The second kappa shape index (κ2) is 9.59. The summed E-state index contributed by atoms with van der Waals surface area (Å²) in [6.07, 6.45) is -1.36. The van der Waals surface area contributed by atoms with Crippen LogP contribution in [-0.4, -0.2) is 92.1 Å². The Kier molecular flexibility index (Phi) is 7.26. The molecule has 0 aromatic heterocycles. The molecule has 1 aromatic rings. The summed E-state index contributed by atoms with van der Waals surface area (Å²) in [4.78, 5) is 41.4. The molecule has 0 saturated heterocycles. The highest BCUT2D eigenvalue weighted by atomic mass is 32.2. The van der Waals surface area contributed by atoms with Gasteiger partial charge in [-0.3, -0.25) is 14.4 Å². The molecule has 4 rings (SSSR count). The summed E-state index contributed by atoms with van der Waals surface area (Å²) < 4.78 is 0. The van der Waals surface area contributed by atoms with Crippen molar-refractivity contribution in [2.45, 2.75) is 68.6 Å². The van der Waals surface area contributed by atoms with Gasteiger partial charge in [0.2, 0.25) is 11.7 Å². The zero-order valence-corrected chi connectivity index (χ0v) is 24.0. The van der Waals surface area contributed by atoms with Gasteiger partial charge in [0, 0.05) is 34.8 Å². The number of likely N-dealkylation sites (N-methyl/N-ethyl adjacent to an activating group) is 1. The Morgan fingerprint density at radius 1 is 1.15 bits per heavy atom. The van der Waals surface area contributed by atoms with E-state index in [1.54, 1.807) is 6.92 Å². The Labute approximate surface area is 231 Å². The van der Waals surface area contributed by atoms with Crippen LogP contribution in [0.25, 0.3) is 5.76 Å². The van der Waals surface area contributed by atoms with Crippen molar-refractivity contribution in [3.63, 3.8) is 0 Å². The predicted molar refractivity (Wildman–Crippen MR) is 146 cm³/mol. The van der Waals surface area contributed by atoms with Crippen molar-refractivity contribution in [1.29, 1.82) is 0 Å². The number of nitrogens with two attached hydrogens (primary N) is 1. The second-order valence-corrected chi connectivity index (χ2v) is 13.1. The predicted octanol–water partition coefficient (Wildman–Crippen LogP) is 0.821. The third kappa shape index (κ3) is 3.96. The number of aromatic hydroxyl groups is 1. The number of fused-ring (bicyclic) bond motifs is 3. The van der Waals surface area contributed by atoms with Gasteiger partial charge in [-0.1, -0.05) is 33.8 Å². The molecule has 2 fully saturated rings. The average Bonchev–Trinajstić information content (AvgIpc) is 2.81. The summed E-state index contributed by atoms with van der Waals surface area (Å²) in [7, 11) is 3.06. The molecule has 11 heteroatoms. The van der Waals surface area contributed by atoms with Gasteiger partial charge in [-0.2, -0.15) is 11.8 Å². The molecule has 39 heavy (non-hydrogen) atoms. The minimum Gasteiger partial charge on any atom is -0.507 e. The summed E-state index contributed by atoms with van der Waals surface area (Å²) >= 11 is 1.54. The summed E-state index contributed by atoms with van der Waals surface area (Å²) in [6, 6.07) is 0.685. The van der Waals surface area contributed by atoms with Gasteiger partial charge in [-0.15, -0.1) is 0 Å². The van der Waals surface area contributed by atoms with Crippen molar-refractivity contribution >= 4 is 35.0 Å². The Bertz CT molecular complexity index is 1290. The lowest BCUT2D eigenvalue weighted by Crippen LogP contribution is -2.76. The summed E-state index contributed by atoms with van der Waals surface area (Å²) in [5.41, 5.74) is 3.52. The van der Waals surface area contributed by atoms with E-state index in [-0.39, 0.29) is 16.9 Å². The number of carbonyl (C=O) groups excluding carboxylic acids is 3. The van der Waals surface area contributed by atoms with Crippen LogP contribution in [0.4, 0.5) is 0 Å². The topological polar surface area (TPSA) is 182 Å². The average molecular weight is 563 g/mol. The van der Waals surface area contributed by atoms with Gasteiger partial charge < -0.3 is 36.2 Å². The van der Waals surface area contributed by atoms with Crippen LogP contribution in [0.5, 0.6) is 5.75 Å². The Morgan fingerprint density at radius 2 is 1.74 bits per heavy atom.